The third-order valence-corrected chi connectivity index (χ3v) is 9.06. The molecule has 0 saturated carbocycles. The monoisotopic (exact) mass is 591 g/mol. The Morgan fingerprint density at radius 3 is 2.42 bits per heavy atom. The quantitative estimate of drug-likeness (QED) is 0.273. The Balaban J connectivity index is 1.96. The number of esters is 1. The molecule has 0 aliphatic carbocycles. The topological polar surface area (TPSA) is 140 Å². The van der Waals surface area contributed by atoms with E-state index in [1.165, 1.54) is 10.8 Å². The van der Waals surface area contributed by atoms with Gasteiger partial charge >= 0.3 is 5.97 Å². The van der Waals surface area contributed by atoms with Gasteiger partial charge in [-0.1, -0.05) is 53.6 Å². The normalized spacial score (nSPS) is 26.6. The zero-order chi connectivity index (χ0) is 29.1. The molecule has 3 N–H and O–H groups in total. The number of fused-ring (bicyclic) bond motifs is 7. The van der Waals surface area contributed by atoms with Crippen molar-refractivity contribution >= 4 is 51.1 Å². The van der Waals surface area contributed by atoms with Crippen LogP contribution in [0.3, 0.4) is 0 Å². The van der Waals surface area contributed by atoms with E-state index in [0.29, 0.717) is 17.9 Å². The summed E-state index contributed by atoms with van der Waals surface area (Å²) in [7, 11) is 4.54. The number of rotatable bonds is 4. The van der Waals surface area contributed by atoms with Crippen LogP contribution in [0.4, 0.5) is 0 Å². The first kappa shape index (κ1) is 31.5. The average Bonchev–Trinajstić information content (AvgIpc) is 2.92. The van der Waals surface area contributed by atoms with Crippen molar-refractivity contribution in [2.75, 3.05) is 25.2 Å². The van der Waals surface area contributed by atoms with E-state index in [-0.39, 0.29) is 36.7 Å². The molecule has 1 aromatic rings. The van der Waals surface area contributed by atoms with Gasteiger partial charge in [0.2, 0.25) is 17.7 Å². The molecule has 12 heteroatoms. The van der Waals surface area contributed by atoms with Crippen molar-refractivity contribution in [3.63, 3.8) is 0 Å². The van der Waals surface area contributed by atoms with Crippen molar-refractivity contribution in [3.8, 4) is 5.75 Å². The lowest BCUT2D eigenvalue weighted by atomic mass is 9.88. The number of amides is 3. The van der Waals surface area contributed by atoms with E-state index in [9.17, 15) is 24.0 Å². The first-order chi connectivity index (χ1) is 19.2. The lowest BCUT2D eigenvalue weighted by molar-refractivity contribution is -0.148. The third-order valence-electron chi connectivity index (χ3n) is 6.61. The first-order valence-electron chi connectivity index (χ1n) is 13.3. The Kier molecular flexibility index (Phi) is 12.4. The van der Waals surface area contributed by atoms with Gasteiger partial charge in [-0.15, -0.1) is 0 Å². The molecular formula is C28H37N3O7S2. The molecule has 4 atom stereocenters. The summed E-state index contributed by atoms with van der Waals surface area (Å²) in [6, 6.07) is 5.12. The molecule has 218 valence electrons. The number of ketones is 1. The van der Waals surface area contributed by atoms with Crippen molar-refractivity contribution < 1.29 is 33.4 Å². The number of allylic oxidation sites excluding steroid dienone is 1. The van der Waals surface area contributed by atoms with E-state index in [1.54, 1.807) is 48.2 Å². The van der Waals surface area contributed by atoms with Crippen LogP contribution in [0.5, 0.6) is 5.75 Å². The largest absolute Gasteiger partial charge is 0.497 e. The van der Waals surface area contributed by atoms with Crippen LogP contribution in [0.25, 0.3) is 0 Å². The Morgan fingerprint density at radius 1 is 0.975 bits per heavy atom. The van der Waals surface area contributed by atoms with Crippen LogP contribution in [0.15, 0.2) is 36.4 Å². The van der Waals surface area contributed by atoms with Gasteiger partial charge < -0.3 is 25.4 Å². The molecule has 3 rings (SSSR count). The van der Waals surface area contributed by atoms with Gasteiger partial charge in [0, 0.05) is 36.7 Å². The average molecular weight is 592 g/mol. The number of methoxy groups -OCH3 is 1. The summed E-state index contributed by atoms with van der Waals surface area (Å²) < 4.78 is 10.7. The first-order valence-corrected chi connectivity index (χ1v) is 15.8. The van der Waals surface area contributed by atoms with Crippen LogP contribution in [-0.4, -0.2) is 72.8 Å². The maximum absolute atomic E-state index is 13.5. The van der Waals surface area contributed by atoms with Gasteiger partial charge in [0.25, 0.3) is 0 Å². The molecule has 1 fully saturated rings. The number of ether oxygens (including phenoxy) is 2. The fourth-order valence-corrected chi connectivity index (χ4v) is 6.46. The van der Waals surface area contributed by atoms with Crippen molar-refractivity contribution in [1.82, 2.24) is 16.0 Å². The predicted octanol–water partition coefficient (Wildman–Crippen LogP) is 2.21. The standard InChI is InChI=1S/C28H37N3O7S2/c1-17(2)22-14-19(32)13-21-6-4-5-11-39-40-16-24(31-26(22)34)28(36)30-23(27(35)29-15-25(33)38-21)12-18-7-9-20(37-3)10-8-18/h4,6-10,17,21-24H,5,11-16H2,1-3H3,(H,29,35)(H,30,36)(H,31,34)/b6-4+/t21?,22-,23-,24-/m1/s1. The SMILES string of the molecule is COc1ccc(C[C@H]2NC(=O)[C@H]3CSSCC/C=C/C(CC(=O)C[C@H](C(C)C)C(=O)N3)OC(=O)CNC2=O)cc1. The van der Waals surface area contributed by atoms with Crippen molar-refractivity contribution in [2.45, 2.75) is 57.7 Å². The summed E-state index contributed by atoms with van der Waals surface area (Å²) in [6.07, 6.45) is 3.41. The zero-order valence-electron chi connectivity index (χ0n) is 23.0. The molecule has 2 aliphatic heterocycles. The second-order valence-electron chi connectivity index (χ2n) is 10.0. The van der Waals surface area contributed by atoms with Gasteiger partial charge in [0.15, 0.2) is 0 Å². The van der Waals surface area contributed by atoms with Gasteiger partial charge in [-0.2, -0.15) is 0 Å². The molecule has 2 bridgehead atoms. The number of hydrogen-bond donors (Lipinski definition) is 3. The van der Waals surface area contributed by atoms with Crippen LogP contribution in [0.2, 0.25) is 0 Å². The second kappa shape index (κ2) is 15.7. The fourth-order valence-electron chi connectivity index (χ4n) is 4.31. The Hall–Kier alpha value is -2.99. The molecule has 40 heavy (non-hydrogen) atoms. The molecule has 3 amide bonds. The molecule has 0 spiro atoms. The van der Waals surface area contributed by atoms with Gasteiger partial charge in [-0.25, -0.2) is 0 Å². The minimum Gasteiger partial charge on any atom is -0.497 e. The fraction of sp³-hybridized carbons (Fsp3) is 0.536. The molecule has 1 saturated heterocycles. The molecule has 0 aromatic heterocycles. The Bertz CT molecular complexity index is 1090. The molecule has 2 heterocycles. The van der Waals surface area contributed by atoms with E-state index in [1.807, 2.05) is 19.9 Å². The summed E-state index contributed by atoms with van der Waals surface area (Å²) in [5, 5.41) is 8.16. The van der Waals surface area contributed by atoms with Crippen LogP contribution >= 0.6 is 21.6 Å². The minimum absolute atomic E-state index is 0.0432. The van der Waals surface area contributed by atoms with Crippen LogP contribution < -0.4 is 20.7 Å². The lowest BCUT2D eigenvalue weighted by Gasteiger charge is -2.26. The Labute approximate surface area is 242 Å². The summed E-state index contributed by atoms with van der Waals surface area (Å²) in [4.78, 5) is 65.7. The van der Waals surface area contributed by atoms with E-state index in [2.05, 4.69) is 16.0 Å². The highest BCUT2D eigenvalue weighted by molar-refractivity contribution is 8.76. The predicted molar refractivity (Wildman–Crippen MR) is 155 cm³/mol. The lowest BCUT2D eigenvalue weighted by Crippen LogP contribution is -2.56. The van der Waals surface area contributed by atoms with Crippen molar-refractivity contribution in [2.24, 2.45) is 11.8 Å². The number of carbonyl (C=O) groups is 5. The van der Waals surface area contributed by atoms with Gasteiger partial charge in [0.1, 0.15) is 36.3 Å². The van der Waals surface area contributed by atoms with Gasteiger partial charge in [-0.3, -0.25) is 24.0 Å². The highest BCUT2D eigenvalue weighted by Crippen LogP contribution is 2.25. The van der Waals surface area contributed by atoms with Gasteiger partial charge in [-0.05, 0) is 36.1 Å². The maximum Gasteiger partial charge on any atom is 0.326 e. The summed E-state index contributed by atoms with van der Waals surface area (Å²) in [5.74, 6) is -1.65. The summed E-state index contributed by atoms with van der Waals surface area (Å²) in [6.45, 7) is 3.26. The number of hydrogen-bond acceptors (Lipinski definition) is 9. The van der Waals surface area contributed by atoms with E-state index in [4.69, 9.17) is 9.47 Å². The number of nitrogens with one attached hydrogen (secondary N) is 3. The van der Waals surface area contributed by atoms with Crippen LogP contribution in [0.1, 0.15) is 38.7 Å². The molecule has 10 nitrogen and oxygen atoms in total. The van der Waals surface area contributed by atoms with E-state index in [0.717, 1.165) is 5.56 Å². The van der Waals surface area contributed by atoms with Crippen molar-refractivity contribution in [1.29, 1.82) is 0 Å². The van der Waals surface area contributed by atoms with Gasteiger partial charge in [0.05, 0.1) is 7.11 Å². The maximum atomic E-state index is 13.5. The minimum atomic E-state index is -1.02. The molecular weight excluding hydrogens is 554 g/mol. The van der Waals surface area contributed by atoms with Crippen LogP contribution in [0, 0.1) is 11.8 Å². The smallest absolute Gasteiger partial charge is 0.326 e. The zero-order valence-corrected chi connectivity index (χ0v) is 24.6. The Morgan fingerprint density at radius 2 is 1.73 bits per heavy atom. The summed E-state index contributed by atoms with van der Waals surface area (Å²) >= 11 is 0. The number of Topliss-reactive ketones (excluding diaryl/α,β-unsaturated/α-hetero) is 1. The third kappa shape index (κ3) is 9.88. The van der Waals surface area contributed by atoms with Crippen molar-refractivity contribution in [3.05, 3.63) is 42.0 Å². The molecule has 0 radical (unpaired) electrons. The molecule has 1 aromatic carbocycles. The highest BCUT2D eigenvalue weighted by atomic mass is 33.1. The molecule has 2 aliphatic rings. The van der Waals surface area contributed by atoms with E-state index < -0.39 is 54.3 Å². The highest BCUT2D eigenvalue weighted by Gasteiger charge is 2.32. The van der Waals surface area contributed by atoms with E-state index >= 15 is 0 Å². The number of carbonyl (C=O) groups excluding carboxylic acids is 5. The number of benzene rings is 1. The summed E-state index contributed by atoms with van der Waals surface area (Å²) in [5.41, 5.74) is 0.762. The van der Waals surface area contributed by atoms with Crippen LogP contribution in [-0.2, 0) is 35.1 Å². The molecule has 1 unspecified atom stereocenters. The second-order valence-corrected chi connectivity index (χ2v) is 12.7.